The third kappa shape index (κ3) is 6.75. The van der Waals surface area contributed by atoms with Crippen LogP contribution in [0.25, 0.3) is 0 Å². The summed E-state index contributed by atoms with van der Waals surface area (Å²) in [7, 11) is 0. The van der Waals surface area contributed by atoms with Gasteiger partial charge in [0.2, 0.25) is 11.8 Å². The van der Waals surface area contributed by atoms with Crippen molar-refractivity contribution in [2.24, 2.45) is 0 Å². The zero-order valence-electron chi connectivity index (χ0n) is 16.4. The number of halogens is 2. The molecule has 0 radical (unpaired) electrons. The van der Waals surface area contributed by atoms with Crippen LogP contribution in [0.4, 0.5) is 0 Å². The smallest absolute Gasteiger partial charge is 0.236 e. The molecule has 9 heteroatoms. The molecule has 0 saturated carbocycles. The molecule has 3 fully saturated rings. The van der Waals surface area contributed by atoms with Crippen LogP contribution in [0.1, 0.15) is 26.2 Å². The van der Waals surface area contributed by atoms with Crippen LogP contribution in [-0.4, -0.2) is 109 Å². The number of nitrogens with zero attached hydrogens (tertiary/aromatic N) is 4. The average molecular weight is 424 g/mol. The predicted molar refractivity (Wildman–Crippen MR) is 112 cm³/mol. The van der Waals surface area contributed by atoms with E-state index >= 15 is 0 Å². The van der Waals surface area contributed by atoms with Gasteiger partial charge in [0.15, 0.2) is 0 Å². The molecular weight excluding hydrogens is 389 g/mol. The molecule has 0 aromatic rings. The molecule has 3 heterocycles. The molecule has 0 spiro atoms. The molecular formula is C18H35Cl2N5O2. The fourth-order valence-electron chi connectivity index (χ4n) is 4.18. The van der Waals surface area contributed by atoms with Crippen LogP contribution in [-0.2, 0) is 9.59 Å². The number of hydrogen-bond acceptors (Lipinski definition) is 5. The molecule has 0 aromatic carbocycles. The molecule has 3 rings (SSSR count). The van der Waals surface area contributed by atoms with E-state index in [9.17, 15) is 9.59 Å². The molecule has 1 atom stereocenters. The molecule has 3 aliphatic rings. The van der Waals surface area contributed by atoms with Gasteiger partial charge in [0.1, 0.15) is 0 Å². The lowest BCUT2D eigenvalue weighted by atomic mass is 10.0. The van der Waals surface area contributed by atoms with Crippen LogP contribution < -0.4 is 5.32 Å². The normalized spacial score (nSPS) is 24.9. The summed E-state index contributed by atoms with van der Waals surface area (Å²) in [6.45, 7) is 12.2. The fourth-order valence-corrected chi connectivity index (χ4v) is 4.18. The third-order valence-electron chi connectivity index (χ3n) is 5.87. The van der Waals surface area contributed by atoms with Gasteiger partial charge in [-0.3, -0.25) is 9.59 Å². The first-order valence-corrected chi connectivity index (χ1v) is 9.90. The Bertz CT molecular complexity index is 475. The minimum atomic E-state index is 0. The van der Waals surface area contributed by atoms with Gasteiger partial charge < -0.3 is 24.9 Å². The summed E-state index contributed by atoms with van der Waals surface area (Å²) >= 11 is 0. The minimum absolute atomic E-state index is 0. The van der Waals surface area contributed by atoms with Crippen LogP contribution in [0.5, 0.6) is 0 Å². The van der Waals surface area contributed by atoms with Crippen molar-refractivity contribution in [3.8, 4) is 0 Å². The van der Waals surface area contributed by atoms with E-state index in [0.29, 0.717) is 19.5 Å². The summed E-state index contributed by atoms with van der Waals surface area (Å²) < 4.78 is 0. The average Bonchev–Trinajstić information content (AvgIpc) is 2.67. The van der Waals surface area contributed by atoms with Gasteiger partial charge in [-0.1, -0.05) is 6.92 Å². The van der Waals surface area contributed by atoms with Gasteiger partial charge in [0.25, 0.3) is 0 Å². The number of hydrogen-bond donors (Lipinski definition) is 1. The molecule has 1 unspecified atom stereocenters. The highest BCUT2D eigenvalue weighted by Gasteiger charge is 2.31. The summed E-state index contributed by atoms with van der Waals surface area (Å²) in [5.41, 5.74) is 0. The van der Waals surface area contributed by atoms with Crippen molar-refractivity contribution >= 4 is 36.6 Å². The van der Waals surface area contributed by atoms with Crippen LogP contribution in [0, 0.1) is 0 Å². The molecule has 1 N–H and O–H groups in total. The van der Waals surface area contributed by atoms with Crippen molar-refractivity contribution in [1.82, 2.24) is 24.9 Å². The topological polar surface area (TPSA) is 59.1 Å². The SMILES string of the molecule is CCN1CCN(CCC(=O)N2CCCC(N3CCNCC3=O)C2)CC1.Cl.Cl. The number of amides is 2. The van der Waals surface area contributed by atoms with Crippen molar-refractivity contribution in [3.05, 3.63) is 0 Å². The van der Waals surface area contributed by atoms with E-state index in [1.807, 2.05) is 9.80 Å². The predicted octanol–water partition coefficient (Wildman–Crippen LogP) is 0.280. The van der Waals surface area contributed by atoms with Crippen LogP contribution in [0.3, 0.4) is 0 Å². The summed E-state index contributed by atoms with van der Waals surface area (Å²) in [6.07, 6.45) is 2.63. The first kappa shape index (κ1) is 24.4. The maximum atomic E-state index is 12.6. The lowest BCUT2D eigenvalue weighted by Gasteiger charge is -2.41. The number of likely N-dealkylation sites (tertiary alicyclic amines) is 1. The second-order valence-electron chi connectivity index (χ2n) is 7.43. The summed E-state index contributed by atoms with van der Waals surface area (Å²) in [5, 5.41) is 3.12. The molecule has 2 amide bonds. The highest BCUT2D eigenvalue weighted by molar-refractivity contribution is 5.85. The van der Waals surface area contributed by atoms with Crippen LogP contribution in [0.15, 0.2) is 0 Å². The van der Waals surface area contributed by atoms with E-state index in [0.717, 1.165) is 71.7 Å². The quantitative estimate of drug-likeness (QED) is 0.687. The summed E-state index contributed by atoms with van der Waals surface area (Å²) in [4.78, 5) is 33.6. The Morgan fingerprint density at radius 1 is 1.07 bits per heavy atom. The van der Waals surface area contributed by atoms with Crippen molar-refractivity contribution < 1.29 is 9.59 Å². The van der Waals surface area contributed by atoms with E-state index in [-0.39, 0.29) is 42.7 Å². The number of carbonyl (C=O) groups is 2. The number of piperazine rings is 2. The lowest BCUT2D eigenvalue weighted by Crippen LogP contribution is -2.57. The summed E-state index contributed by atoms with van der Waals surface area (Å²) in [5.74, 6) is 0.435. The molecule has 0 aliphatic carbocycles. The molecule has 0 aromatic heterocycles. The monoisotopic (exact) mass is 423 g/mol. The Kier molecular flexibility index (Phi) is 10.9. The van der Waals surface area contributed by atoms with Gasteiger partial charge in [-0.25, -0.2) is 0 Å². The van der Waals surface area contributed by atoms with E-state index < -0.39 is 0 Å². The van der Waals surface area contributed by atoms with Crippen LogP contribution in [0.2, 0.25) is 0 Å². The largest absolute Gasteiger partial charge is 0.341 e. The summed E-state index contributed by atoms with van der Waals surface area (Å²) in [6, 6.07) is 0.209. The van der Waals surface area contributed by atoms with Gasteiger partial charge in [-0.15, -0.1) is 24.8 Å². The van der Waals surface area contributed by atoms with Crippen molar-refractivity contribution in [2.75, 3.05) is 72.0 Å². The van der Waals surface area contributed by atoms with E-state index in [4.69, 9.17) is 0 Å². The van der Waals surface area contributed by atoms with Gasteiger partial charge in [0, 0.05) is 71.4 Å². The lowest BCUT2D eigenvalue weighted by molar-refractivity contribution is -0.140. The maximum Gasteiger partial charge on any atom is 0.236 e. The number of likely N-dealkylation sites (N-methyl/N-ethyl adjacent to an activating group) is 1. The fraction of sp³-hybridized carbons (Fsp3) is 0.889. The highest BCUT2D eigenvalue weighted by Crippen LogP contribution is 2.18. The van der Waals surface area contributed by atoms with Gasteiger partial charge in [-0.2, -0.15) is 0 Å². The Balaban J connectivity index is 0.00000182. The van der Waals surface area contributed by atoms with Crippen LogP contribution >= 0.6 is 24.8 Å². The second kappa shape index (κ2) is 12.1. The molecule has 3 saturated heterocycles. The number of nitrogens with one attached hydrogen (secondary N) is 1. The highest BCUT2D eigenvalue weighted by atomic mass is 35.5. The van der Waals surface area contributed by atoms with Gasteiger partial charge >= 0.3 is 0 Å². The molecule has 0 bridgehead atoms. The van der Waals surface area contributed by atoms with Gasteiger partial charge in [0.05, 0.1) is 6.54 Å². The van der Waals surface area contributed by atoms with Crippen molar-refractivity contribution in [3.63, 3.8) is 0 Å². The first-order valence-electron chi connectivity index (χ1n) is 9.90. The molecule has 158 valence electrons. The number of piperidine rings is 1. The maximum absolute atomic E-state index is 12.6. The zero-order valence-corrected chi connectivity index (χ0v) is 18.0. The first-order chi connectivity index (χ1) is 12.2. The van der Waals surface area contributed by atoms with Crippen molar-refractivity contribution in [2.45, 2.75) is 32.2 Å². The Hall–Kier alpha value is -0.600. The molecule has 7 nitrogen and oxygen atoms in total. The van der Waals surface area contributed by atoms with Gasteiger partial charge in [-0.05, 0) is 19.4 Å². The van der Waals surface area contributed by atoms with E-state index in [2.05, 4.69) is 22.0 Å². The second-order valence-corrected chi connectivity index (χ2v) is 7.43. The minimum Gasteiger partial charge on any atom is -0.341 e. The molecule has 27 heavy (non-hydrogen) atoms. The Labute approximate surface area is 175 Å². The zero-order chi connectivity index (χ0) is 17.6. The Morgan fingerprint density at radius 3 is 2.44 bits per heavy atom. The standard InChI is InChI=1S/C18H33N5O2.2ClH/c1-2-20-10-12-21(13-11-20)8-5-17(24)22-7-3-4-16(15-22)23-9-6-19-14-18(23)25;;/h16,19H,2-15H2,1H3;2*1H. The number of rotatable bonds is 5. The third-order valence-corrected chi connectivity index (χ3v) is 5.87. The Morgan fingerprint density at radius 2 is 1.78 bits per heavy atom. The molecule has 3 aliphatic heterocycles. The van der Waals surface area contributed by atoms with E-state index in [1.54, 1.807) is 0 Å². The number of carbonyl (C=O) groups excluding carboxylic acids is 2. The van der Waals surface area contributed by atoms with E-state index in [1.165, 1.54) is 0 Å². The van der Waals surface area contributed by atoms with Crippen molar-refractivity contribution in [1.29, 1.82) is 0 Å².